The predicted molar refractivity (Wildman–Crippen MR) is 94.9 cm³/mol. The molecule has 3 rings (SSSR count). The lowest BCUT2D eigenvalue weighted by Crippen LogP contribution is -2.28. The summed E-state index contributed by atoms with van der Waals surface area (Å²) < 4.78 is 2.04. The zero-order valence-electron chi connectivity index (χ0n) is 14.4. The van der Waals surface area contributed by atoms with Crippen LogP contribution in [0.25, 0.3) is 0 Å². The first-order chi connectivity index (χ1) is 11.7. The fourth-order valence-corrected chi connectivity index (χ4v) is 3.97. The number of aryl methyl sites for hydroxylation is 3. The van der Waals surface area contributed by atoms with E-state index >= 15 is 0 Å². The second-order valence-corrected chi connectivity index (χ2v) is 7.34. The smallest absolute Gasteiger partial charge is 0.220 e. The van der Waals surface area contributed by atoms with Gasteiger partial charge in [0.1, 0.15) is 0 Å². The van der Waals surface area contributed by atoms with Gasteiger partial charge in [0, 0.05) is 30.8 Å². The molecule has 7 heteroatoms. The highest BCUT2D eigenvalue weighted by Crippen LogP contribution is 2.19. The van der Waals surface area contributed by atoms with Crippen molar-refractivity contribution in [2.45, 2.75) is 59.2 Å². The largest absolute Gasteiger partial charge is 0.351 e. The molecule has 2 aromatic heterocycles. The maximum atomic E-state index is 12.1. The predicted octanol–water partition coefficient (Wildman–Crippen LogP) is 1.95. The number of carbonyl (C=O) groups excluding carboxylic acids is 1. The van der Waals surface area contributed by atoms with Crippen molar-refractivity contribution in [1.29, 1.82) is 0 Å². The average Bonchev–Trinajstić information content (AvgIpc) is 3.14. The van der Waals surface area contributed by atoms with E-state index in [4.69, 9.17) is 0 Å². The van der Waals surface area contributed by atoms with Gasteiger partial charge in [-0.2, -0.15) is 5.10 Å². The van der Waals surface area contributed by atoms with E-state index in [-0.39, 0.29) is 5.91 Å². The number of aromatic nitrogens is 3. The van der Waals surface area contributed by atoms with Gasteiger partial charge in [0.05, 0.1) is 35.2 Å². The topological polar surface area (TPSA) is 71.8 Å². The Kier molecular flexibility index (Phi) is 5.63. The van der Waals surface area contributed by atoms with Gasteiger partial charge in [0.15, 0.2) is 0 Å². The quantitative estimate of drug-likeness (QED) is 0.803. The van der Waals surface area contributed by atoms with Crippen LogP contribution in [0.5, 0.6) is 0 Å². The Morgan fingerprint density at radius 3 is 3.12 bits per heavy atom. The third-order valence-electron chi connectivity index (χ3n) is 4.18. The number of nitrogens with one attached hydrogen (secondary N) is 2. The van der Waals surface area contributed by atoms with Crippen molar-refractivity contribution in [1.82, 2.24) is 25.4 Å². The number of amides is 1. The first-order valence-electron chi connectivity index (χ1n) is 8.64. The minimum atomic E-state index is 0.0731. The molecule has 2 aromatic rings. The third-order valence-corrected chi connectivity index (χ3v) is 5.39. The molecule has 130 valence electrons. The van der Waals surface area contributed by atoms with E-state index in [0.717, 1.165) is 53.7 Å². The van der Waals surface area contributed by atoms with E-state index in [2.05, 4.69) is 33.7 Å². The molecule has 0 bridgehead atoms. The van der Waals surface area contributed by atoms with Crippen molar-refractivity contribution < 1.29 is 4.79 Å². The number of hydrogen-bond donors (Lipinski definition) is 2. The summed E-state index contributed by atoms with van der Waals surface area (Å²) in [7, 11) is 0. The van der Waals surface area contributed by atoms with Crippen LogP contribution >= 0.6 is 11.3 Å². The number of nitrogens with zero attached hydrogens (tertiary/aromatic N) is 3. The van der Waals surface area contributed by atoms with Gasteiger partial charge in [-0.15, -0.1) is 11.3 Å². The van der Waals surface area contributed by atoms with Gasteiger partial charge >= 0.3 is 0 Å². The SMILES string of the molecule is CCCc1nc(C)c(CNC(=O)CCc2cc3n(n2)CCNC3)s1. The van der Waals surface area contributed by atoms with Gasteiger partial charge in [-0.05, 0) is 25.8 Å². The Bertz CT molecular complexity index is 682. The van der Waals surface area contributed by atoms with Crippen LogP contribution in [0.1, 0.15) is 46.7 Å². The highest BCUT2D eigenvalue weighted by atomic mass is 32.1. The number of rotatable bonds is 7. The van der Waals surface area contributed by atoms with Crippen molar-refractivity contribution in [2.24, 2.45) is 0 Å². The molecule has 0 fully saturated rings. The van der Waals surface area contributed by atoms with E-state index in [0.29, 0.717) is 19.4 Å². The van der Waals surface area contributed by atoms with Crippen molar-refractivity contribution in [3.8, 4) is 0 Å². The number of carbonyl (C=O) groups is 1. The van der Waals surface area contributed by atoms with Crippen LogP contribution in [0.3, 0.4) is 0 Å². The second-order valence-electron chi connectivity index (χ2n) is 6.17. The van der Waals surface area contributed by atoms with Crippen molar-refractivity contribution >= 4 is 17.2 Å². The number of hydrogen-bond acceptors (Lipinski definition) is 5. The first-order valence-corrected chi connectivity index (χ1v) is 9.45. The van der Waals surface area contributed by atoms with E-state index in [1.807, 2.05) is 11.6 Å². The van der Waals surface area contributed by atoms with E-state index in [1.165, 1.54) is 5.69 Å². The molecule has 0 radical (unpaired) electrons. The molecule has 24 heavy (non-hydrogen) atoms. The van der Waals surface area contributed by atoms with Crippen molar-refractivity contribution in [2.75, 3.05) is 6.54 Å². The summed E-state index contributed by atoms with van der Waals surface area (Å²) in [6.45, 7) is 7.48. The fourth-order valence-electron chi connectivity index (χ4n) is 2.86. The van der Waals surface area contributed by atoms with Gasteiger partial charge in [-0.25, -0.2) is 4.98 Å². The molecule has 0 aliphatic carbocycles. The van der Waals surface area contributed by atoms with Gasteiger partial charge in [-0.1, -0.05) is 6.92 Å². The number of thiazole rings is 1. The van der Waals surface area contributed by atoms with Gasteiger partial charge in [0.25, 0.3) is 0 Å². The summed E-state index contributed by atoms with van der Waals surface area (Å²) in [4.78, 5) is 17.8. The maximum Gasteiger partial charge on any atom is 0.220 e. The Balaban J connectivity index is 1.46. The summed E-state index contributed by atoms with van der Waals surface area (Å²) in [5.41, 5.74) is 3.25. The Labute approximate surface area is 146 Å². The van der Waals surface area contributed by atoms with Crippen LogP contribution in [0.15, 0.2) is 6.07 Å². The number of fused-ring (bicyclic) bond motifs is 1. The summed E-state index contributed by atoms with van der Waals surface area (Å²) in [5, 5.41) is 12.1. The molecule has 0 spiro atoms. The van der Waals surface area contributed by atoms with Crippen LogP contribution in [0.2, 0.25) is 0 Å². The van der Waals surface area contributed by atoms with E-state index in [9.17, 15) is 4.79 Å². The summed E-state index contributed by atoms with van der Waals surface area (Å²) >= 11 is 1.71. The molecule has 1 aliphatic heterocycles. The summed E-state index contributed by atoms with van der Waals surface area (Å²) in [6.07, 6.45) is 3.28. The molecular formula is C17H25N5OS. The van der Waals surface area contributed by atoms with Crippen LogP contribution in [0.4, 0.5) is 0 Å². The molecule has 0 saturated carbocycles. The monoisotopic (exact) mass is 347 g/mol. The maximum absolute atomic E-state index is 12.1. The highest BCUT2D eigenvalue weighted by Gasteiger charge is 2.13. The lowest BCUT2D eigenvalue weighted by molar-refractivity contribution is -0.121. The van der Waals surface area contributed by atoms with Crippen molar-refractivity contribution in [3.63, 3.8) is 0 Å². The molecule has 2 N–H and O–H groups in total. The van der Waals surface area contributed by atoms with Gasteiger partial charge in [-0.3, -0.25) is 9.48 Å². The lowest BCUT2D eigenvalue weighted by Gasteiger charge is -2.13. The van der Waals surface area contributed by atoms with Crippen LogP contribution in [0, 0.1) is 6.92 Å². The molecule has 0 atom stereocenters. The minimum Gasteiger partial charge on any atom is -0.351 e. The zero-order chi connectivity index (χ0) is 16.9. The first kappa shape index (κ1) is 17.1. The van der Waals surface area contributed by atoms with Crippen LogP contribution < -0.4 is 10.6 Å². The van der Waals surface area contributed by atoms with Crippen LogP contribution in [-0.2, 0) is 37.3 Å². The highest BCUT2D eigenvalue weighted by molar-refractivity contribution is 7.11. The van der Waals surface area contributed by atoms with Crippen LogP contribution in [-0.4, -0.2) is 27.2 Å². The molecule has 6 nitrogen and oxygen atoms in total. The molecule has 0 saturated heterocycles. The van der Waals surface area contributed by atoms with Crippen molar-refractivity contribution in [3.05, 3.63) is 33.0 Å². The van der Waals surface area contributed by atoms with E-state index in [1.54, 1.807) is 11.3 Å². The molecule has 0 aromatic carbocycles. The summed E-state index contributed by atoms with van der Waals surface area (Å²) in [5.74, 6) is 0.0731. The summed E-state index contributed by atoms with van der Waals surface area (Å²) in [6, 6.07) is 2.10. The Morgan fingerprint density at radius 2 is 2.33 bits per heavy atom. The standard InChI is InChI=1S/C17H25N5OS/c1-3-4-17-20-12(2)15(24-17)11-19-16(23)6-5-13-9-14-10-18-7-8-22(14)21-13/h9,18H,3-8,10-11H2,1-2H3,(H,19,23). The molecule has 0 unspecified atom stereocenters. The molecular weight excluding hydrogens is 322 g/mol. The van der Waals surface area contributed by atoms with Gasteiger partial charge in [0.2, 0.25) is 5.91 Å². The van der Waals surface area contributed by atoms with Gasteiger partial charge < -0.3 is 10.6 Å². The van der Waals surface area contributed by atoms with E-state index < -0.39 is 0 Å². The minimum absolute atomic E-state index is 0.0731. The fraction of sp³-hybridized carbons (Fsp3) is 0.588. The Hall–Kier alpha value is -1.73. The second kappa shape index (κ2) is 7.90. The molecule has 3 heterocycles. The lowest BCUT2D eigenvalue weighted by atomic mass is 10.2. The normalized spacial score (nSPS) is 13.8. The zero-order valence-corrected chi connectivity index (χ0v) is 15.2. The Morgan fingerprint density at radius 1 is 1.46 bits per heavy atom. The molecule has 1 amide bonds. The average molecular weight is 347 g/mol. The molecule has 1 aliphatic rings. The third kappa shape index (κ3) is 4.21.